The first-order chi connectivity index (χ1) is 5.02. The molecule has 0 bridgehead atoms. The summed E-state index contributed by atoms with van der Waals surface area (Å²) in [6, 6.07) is 0. The molecule has 0 aromatic carbocycles. The monoisotopic (exact) mass is 160 g/mol. The van der Waals surface area contributed by atoms with E-state index in [4.69, 9.17) is 5.73 Å². The van der Waals surface area contributed by atoms with Crippen molar-refractivity contribution in [1.29, 1.82) is 0 Å². The molecular weight excluding hydrogens is 140 g/mol. The average Bonchev–Trinajstić information content (AvgIpc) is 1.87. The molecule has 3 N–H and O–H groups in total. The lowest BCUT2D eigenvalue weighted by molar-refractivity contribution is 0.0353. The van der Waals surface area contributed by atoms with E-state index in [0.717, 1.165) is 13.0 Å². The number of likely N-dealkylation sites (N-methyl/N-ethyl adjacent to an activating group) is 1. The second kappa shape index (κ2) is 4.70. The molecule has 0 aromatic rings. The zero-order valence-electron chi connectivity index (χ0n) is 7.80. The molecule has 0 saturated heterocycles. The van der Waals surface area contributed by atoms with Crippen LogP contribution in [0, 0.1) is 0 Å². The molecule has 0 radical (unpaired) electrons. The maximum atomic E-state index is 9.55. The Labute approximate surface area is 69.2 Å². The third-order valence-corrected chi connectivity index (χ3v) is 1.66. The predicted molar refractivity (Wildman–Crippen MR) is 47.5 cm³/mol. The zero-order chi connectivity index (χ0) is 8.91. The molecule has 3 nitrogen and oxygen atoms in total. The van der Waals surface area contributed by atoms with Gasteiger partial charge in [-0.3, -0.25) is 0 Å². The summed E-state index contributed by atoms with van der Waals surface area (Å²) in [6.07, 6.45) is 1.11. The highest BCUT2D eigenvalue weighted by atomic mass is 16.3. The Kier molecular flexibility index (Phi) is 4.65. The van der Waals surface area contributed by atoms with Crippen molar-refractivity contribution in [2.75, 3.05) is 26.7 Å². The van der Waals surface area contributed by atoms with E-state index in [1.807, 2.05) is 7.05 Å². The van der Waals surface area contributed by atoms with Crippen LogP contribution in [-0.4, -0.2) is 42.3 Å². The van der Waals surface area contributed by atoms with E-state index in [2.05, 4.69) is 11.8 Å². The molecule has 0 aliphatic carbocycles. The molecule has 0 aliphatic heterocycles. The fourth-order valence-electron chi connectivity index (χ4n) is 1.11. The van der Waals surface area contributed by atoms with Gasteiger partial charge in [0.05, 0.1) is 5.60 Å². The van der Waals surface area contributed by atoms with E-state index in [9.17, 15) is 5.11 Å². The molecule has 1 unspecified atom stereocenters. The van der Waals surface area contributed by atoms with Crippen LogP contribution >= 0.6 is 0 Å². The van der Waals surface area contributed by atoms with Crippen LogP contribution in [0.25, 0.3) is 0 Å². The van der Waals surface area contributed by atoms with Gasteiger partial charge < -0.3 is 15.7 Å². The highest BCUT2D eigenvalue weighted by molar-refractivity contribution is 4.76. The number of aliphatic hydroxyl groups is 1. The molecule has 0 saturated carbocycles. The Balaban J connectivity index is 3.64. The van der Waals surface area contributed by atoms with E-state index in [1.54, 1.807) is 6.92 Å². The van der Waals surface area contributed by atoms with Crippen LogP contribution in [0.3, 0.4) is 0 Å². The number of hydrogen-bond donors (Lipinski definition) is 2. The Morgan fingerprint density at radius 3 is 2.45 bits per heavy atom. The zero-order valence-corrected chi connectivity index (χ0v) is 7.80. The number of hydrogen-bond acceptors (Lipinski definition) is 3. The lowest BCUT2D eigenvalue weighted by Crippen LogP contribution is -2.44. The Bertz CT molecular complexity index is 104. The Hall–Kier alpha value is -0.120. The standard InChI is InChI=1S/C8H20N2O/c1-4-5-10(3)7-8(2,11)6-9/h11H,4-7,9H2,1-3H3. The van der Waals surface area contributed by atoms with E-state index < -0.39 is 5.60 Å². The van der Waals surface area contributed by atoms with Crippen LogP contribution in [0.4, 0.5) is 0 Å². The van der Waals surface area contributed by atoms with Gasteiger partial charge in [0.15, 0.2) is 0 Å². The molecule has 0 rings (SSSR count). The molecule has 0 aliphatic rings. The van der Waals surface area contributed by atoms with Gasteiger partial charge in [-0.15, -0.1) is 0 Å². The molecule has 1 atom stereocenters. The smallest absolute Gasteiger partial charge is 0.0867 e. The first-order valence-corrected chi connectivity index (χ1v) is 4.13. The summed E-state index contributed by atoms with van der Waals surface area (Å²) in [6.45, 7) is 5.86. The van der Waals surface area contributed by atoms with Crippen LogP contribution in [0.2, 0.25) is 0 Å². The van der Waals surface area contributed by atoms with Gasteiger partial charge in [-0.1, -0.05) is 6.92 Å². The summed E-state index contributed by atoms with van der Waals surface area (Å²) in [5.74, 6) is 0. The summed E-state index contributed by atoms with van der Waals surface area (Å²) in [5.41, 5.74) is 4.64. The maximum Gasteiger partial charge on any atom is 0.0867 e. The van der Waals surface area contributed by atoms with Crippen molar-refractivity contribution in [3.63, 3.8) is 0 Å². The quantitative estimate of drug-likeness (QED) is 0.597. The lowest BCUT2D eigenvalue weighted by Gasteiger charge is -2.27. The van der Waals surface area contributed by atoms with Gasteiger partial charge in [0, 0.05) is 13.1 Å². The summed E-state index contributed by atoms with van der Waals surface area (Å²) >= 11 is 0. The van der Waals surface area contributed by atoms with E-state index in [-0.39, 0.29) is 0 Å². The molecule has 0 amide bonds. The predicted octanol–water partition coefficient (Wildman–Crippen LogP) is 0.0379. The SMILES string of the molecule is CCCN(C)CC(C)(O)CN. The number of nitrogens with two attached hydrogens (primary N) is 1. The fourth-order valence-corrected chi connectivity index (χ4v) is 1.11. The van der Waals surface area contributed by atoms with Crippen molar-refractivity contribution in [1.82, 2.24) is 4.90 Å². The topological polar surface area (TPSA) is 49.5 Å². The highest BCUT2D eigenvalue weighted by Gasteiger charge is 2.19. The Morgan fingerprint density at radius 1 is 1.55 bits per heavy atom. The summed E-state index contributed by atoms with van der Waals surface area (Å²) in [7, 11) is 1.99. The minimum absolute atomic E-state index is 0.320. The maximum absolute atomic E-state index is 9.55. The van der Waals surface area contributed by atoms with Crippen molar-refractivity contribution in [2.45, 2.75) is 25.9 Å². The van der Waals surface area contributed by atoms with Gasteiger partial charge in [0.2, 0.25) is 0 Å². The molecule has 0 aromatic heterocycles. The first-order valence-electron chi connectivity index (χ1n) is 4.13. The van der Waals surface area contributed by atoms with E-state index >= 15 is 0 Å². The van der Waals surface area contributed by atoms with Crippen molar-refractivity contribution >= 4 is 0 Å². The molecule has 0 heterocycles. The lowest BCUT2D eigenvalue weighted by atomic mass is 10.1. The van der Waals surface area contributed by atoms with Crippen molar-refractivity contribution in [3.05, 3.63) is 0 Å². The van der Waals surface area contributed by atoms with Crippen LogP contribution in [-0.2, 0) is 0 Å². The van der Waals surface area contributed by atoms with Gasteiger partial charge in [0.25, 0.3) is 0 Å². The van der Waals surface area contributed by atoms with Crippen molar-refractivity contribution in [2.24, 2.45) is 5.73 Å². The molecule has 0 spiro atoms. The third-order valence-electron chi connectivity index (χ3n) is 1.66. The van der Waals surface area contributed by atoms with Gasteiger partial charge in [-0.05, 0) is 26.9 Å². The molecule has 3 heteroatoms. The summed E-state index contributed by atoms with van der Waals surface area (Å²) in [4.78, 5) is 2.09. The number of rotatable bonds is 5. The minimum Gasteiger partial charge on any atom is -0.388 e. The third kappa shape index (κ3) is 5.18. The second-order valence-electron chi connectivity index (χ2n) is 3.44. The van der Waals surface area contributed by atoms with Crippen molar-refractivity contribution < 1.29 is 5.11 Å². The minimum atomic E-state index is -0.732. The highest BCUT2D eigenvalue weighted by Crippen LogP contribution is 2.02. The van der Waals surface area contributed by atoms with Gasteiger partial charge in [-0.2, -0.15) is 0 Å². The number of nitrogens with zero attached hydrogens (tertiary/aromatic N) is 1. The second-order valence-corrected chi connectivity index (χ2v) is 3.44. The van der Waals surface area contributed by atoms with Crippen LogP contribution in [0.5, 0.6) is 0 Å². The average molecular weight is 160 g/mol. The molecule has 11 heavy (non-hydrogen) atoms. The Morgan fingerprint density at radius 2 is 2.09 bits per heavy atom. The summed E-state index contributed by atoms with van der Waals surface area (Å²) in [5, 5.41) is 9.55. The van der Waals surface area contributed by atoms with Crippen molar-refractivity contribution in [3.8, 4) is 0 Å². The van der Waals surface area contributed by atoms with Crippen LogP contribution in [0.15, 0.2) is 0 Å². The fraction of sp³-hybridized carbons (Fsp3) is 1.00. The van der Waals surface area contributed by atoms with E-state index in [0.29, 0.717) is 13.1 Å². The van der Waals surface area contributed by atoms with Crippen LogP contribution in [0.1, 0.15) is 20.3 Å². The first kappa shape index (κ1) is 10.9. The van der Waals surface area contributed by atoms with Gasteiger partial charge in [-0.25, -0.2) is 0 Å². The normalized spacial score (nSPS) is 16.9. The summed E-state index contributed by atoms with van der Waals surface area (Å²) < 4.78 is 0. The largest absolute Gasteiger partial charge is 0.388 e. The molecule has 0 fully saturated rings. The van der Waals surface area contributed by atoms with Gasteiger partial charge >= 0.3 is 0 Å². The van der Waals surface area contributed by atoms with E-state index in [1.165, 1.54) is 0 Å². The molecule has 68 valence electrons. The van der Waals surface area contributed by atoms with Crippen LogP contribution < -0.4 is 5.73 Å². The molecular formula is C8H20N2O. The van der Waals surface area contributed by atoms with Gasteiger partial charge in [0.1, 0.15) is 0 Å².